The van der Waals surface area contributed by atoms with Crippen molar-refractivity contribution in [3.63, 3.8) is 0 Å². The van der Waals surface area contributed by atoms with E-state index < -0.39 is 29.2 Å². The Morgan fingerprint density at radius 1 is 1.45 bits per heavy atom. The van der Waals surface area contributed by atoms with E-state index in [4.69, 9.17) is 15.7 Å². The summed E-state index contributed by atoms with van der Waals surface area (Å²) in [6.07, 6.45) is 1.63. The number of nitrogens with one attached hydrogen (secondary N) is 1. The van der Waals surface area contributed by atoms with Crippen LogP contribution in [0.15, 0.2) is 39.6 Å². The fraction of sp³-hybridized carbons (Fsp3) is 0.368. The molecule has 2 aliphatic rings. The van der Waals surface area contributed by atoms with Crippen molar-refractivity contribution >= 4 is 75.9 Å². The molecule has 2 aromatic rings. The summed E-state index contributed by atoms with van der Waals surface area (Å²) in [7, 11) is 0. The molecule has 0 aliphatic carbocycles. The number of rotatable bonds is 12. The van der Waals surface area contributed by atoms with Gasteiger partial charge in [0.1, 0.15) is 29.4 Å². The number of thioether (sulfide) groups is 2. The van der Waals surface area contributed by atoms with Crippen LogP contribution >= 0.6 is 47.3 Å². The SMILES string of the molecule is C=CCn1nnnc1SCC1=C(C(=O)O)N2C(=O)C(NC(=O)C(=NOCCO)c3csc(N)n3)[C@@H]2SC1.Cl. The minimum absolute atomic E-state index is 0. The molecule has 204 valence electrons. The second kappa shape index (κ2) is 13.1. The predicted octanol–water partition coefficient (Wildman–Crippen LogP) is -0.436. The highest BCUT2D eigenvalue weighted by molar-refractivity contribution is 8.01. The minimum Gasteiger partial charge on any atom is -0.477 e. The lowest BCUT2D eigenvalue weighted by atomic mass is 10.0. The number of halogens is 1. The van der Waals surface area contributed by atoms with Crippen molar-refractivity contribution in [1.82, 2.24) is 35.4 Å². The Morgan fingerprint density at radius 3 is 2.89 bits per heavy atom. The maximum Gasteiger partial charge on any atom is 0.352 e. The van der Waals surface area contributed by atoms with Gasteiger partial charge in [0, 0.05) is 16.9 Å². The van der Waals surface area contributed by atoms with E-state index in [1.54, 1.807) is 6.08 Å². The number of hydrogen-bond acceptors (Lipinski definition) is 14. The second-order valence-corrected chi connectivity index (χ2v) is 10.3. The number of nitrogens with two attached hydrogens (primary N) is 1. The van der Waals surface area contributed by atoms with Gasteiger partial charge >= 0.3 is 5.97 Å². The van der Waals surface area contributed by atoms with Crippen molar-refractivity contribution in [3.05, 3.63) is 35.0 Å². The third-order valence-corrected chi connectivity index (χ3v) is 8.09. The van der Waals surface area contributed by atoms with Crippen LogP contribution in [0.5, 0.6) is 0 Å². The van der Waals surface area contributed by atoms with Gasteiger partial charge in [-0.2, -0.15) is 0 Å². The molecule has 2 amide bonds. The van der Waals surface area contributed by atoms with Gasteiger partial charge < -0.3 is 26.1 Å². The summed E-state index contributed by atoms with van der Waals surface area (Å²) in [6.45, 7) is 3.57. The Labute approximate surface area is 234 Å². The van der Waals surface area contributed by atoms with Crippen LogP contribution in [0.2, 0.25) is 0 Å². The van der Waals surface area contributed by atoms with Crippen molar-refractivity contribution < 1.29 is 29.4 Å². The molecule has 5 N–H and O–H groups in total. The highest BCUT2D eigenvalue weighted by Crippen LogP contribution is 2.41. The quantitative estimate of drug-likeness (QED) is 0.0606. The lowest BCUT2D eigenvalue weighted by Gasteiger charge is -2.49. The maximum absolute atomic E-state index is 13.0. The number of fused-ring (bicyclic) bond motifs is 1. The van der Waals surface area contributed by atoms with Gasteiger partial charge in [-0.05, 0) is 16.0 Å². The number of oxime groups is 1. The van der Waals surface area contributed by atoms with Crippen LogP contribution in [0.4, 0.5) is 5.13 Å². The van der Waals surface area contributed by atoms with Gasteiger partial charge in [0.25, 0.3) is 11.8 Å². The summed E-state index contributed by atoms with van der Waals surface area (Å²) < 4.78 is 1.52. The Hall–Kier alpha value is -3.19. The molecule has 2 aliphatic heterocycles. The molecule has 2 atom stereocenters. The number of aromatic nitrogens is 5. The minimum atomic E-state index is -1.25. The van der Waals surface area contributed by atoms with Gasteiger partial charge in [0.15, 0.2) is 10.8 Å². The number of aliphatic carboxylic acids is 1. The number of β-lactam (4-membered cyclic amide) rings is 1. The molecule has 15 nitrogen and oxygen atoms in total. The van der Waals surface area contributed by atoms with Crippen LogP contribution in [0, 0.1) is 0 Å². The molecule has 4 rings (SSSR count). The number of aliphatic hydroxyl groups is 1. The van der Waals surface area contributed by atoms with Gasteiger partial charge in [-0.3, -0.25) is 14.5 Å². The highest BCUT2D eigenvalue weighted by atomic mass is 35.5. The molecule has 1 unspecified atom stereocenters. The van der Waals surface area contributed by atoms with E-state index >= 15 is 0 Å². The topological polar surface area (TPSA) is 211 Å². The number of hydrogen-bond donors (Lipinski definition) is 4. The molecule has 0 bridgehead atoms. The molecule has 19 heteroatoms. The summed E-state index contributed by atoms with van der Waals surface area (Å²) in [6, 6.07) is -0.986. The number of carboxylic acids is 1. The van der Waals surface area contributed by atoms with Crippen LogP contribution in [-0.2, 0) is 25.8 Å². The Kier molecular flexibility index (Phi) is 10.1. The van der Waals surface area contributed by atoms with Crippen LogP contribution in [-0.4, -0.2) is 99.9 Å². The van der Waals surface area contributed by atoms with Gasteiger partial charge in [-0.25, -0.2) is 14.5 Å². The predicted molar refractivity (Wildman–Crippen MR) is 142 cm³/mol. The van der Waals surface area contributed by atoms with E-state index in [1.807, 2.05) is 0 Å². The van der Waals surface area contributed by atoms with E-state index in [0.717, 1.165) is 11.3 Å². The summed E-state index contributed by atoms with van der Waals surface area (Å²) in [5.41, 5.74) is 5.97. The van der Waals surface area contributed by atoms with Gasteiger partial charge in [0.05, 0.1) is 13.2 Å². The lowest BCUT2D eigenvalue weighted by Crippen LogP contribution is -2.71. The fourth-order valence-corrected chi connectivity index (χ4v) is 6.36. The van der Waals surface area contributed by atoms with E-state index in [-0.39, 0.29) is 53.6 Å². The van der Waals surface area contributed by atoms with E-state index in [0.29, 0.717) is 23.0 Å². The van der Waals surface area contributed by atoms with Crippen molar-refractivity contribution in [2.75, 3.05) is 30.5 Å². The van der Waals surface area contributed by atoms with E-state index in [2.05, 4.69) is 37.6 Å². The Balaban J connectivity index is 0.00000400. The number of allylic oxidation sites excluding steroid dienone is 1. The van der Waals surface area contributed by atoms with Crippen LogP contribution < -0.4 is 11.1 Å². The monoisotopic (exact) mass is 603 g/mol. The molecule has 4 heterocycles. The smallest absolute Gasteiger partial charge is 0.352 e. The number of nitrogen functional groups attached to an aromatic ring is 1. The summed E-state index contributed by atoms with van der Waals surface area (Å²) in [4.78, 5) is 48.2. The van der Waals surface area contributed by atoms with Crippen molar-refractivity contribution in [2.24, 2.45) is 5.16 Å². The zero-order chi connectivity index (χ0) is 26.5. The molecule has 0 radical (unpaired) electrons. The average molecular weight is 604 g/mol. The zero-order valence-corrected chi connectivity index (χ0v) is 22.7. The fourth-order valence-electron chi connectivity index (χ4n) is 3.44. The first kappa shape index (κ1) is 29.4. The van der Waals surface area contributed by atoms with Crippen molar-refractivity contribution in [1.29, 1.82) is 0 Å². The molecular formula is C19H22ClN9O6S3. The maximum atomic E-state index is 13.0. The molecule has 1 saturated heterocycles. The second-order valence-electron chi connectivity index (χ2n) is 7.41. The molecule has 2 aromatic heterocycles. The number of aliphatic hydroxyl groups excluding tert-OH is 1. The largest absolute Gasteiger partial charge is 0.477 e. The van der Waals surface area contributed by atoms with Crippen LogP contribution in [0.1, 0.15) is 5.69 Å². The number of tetrazole rings is 1. The Bertz CT molecular complexity index is 1280. The molecule has 1 fully saturated rings. The van der Waals surface area contributed by atoms with Crippen LogP contribution in [0.25, 0.3) is 0 Å². The standard InChI is InChI=1S/C19H21N9O6S3.ClH/c1-2-3-27-19(23-25-26-27)37-7-9-6-35-16-12(15(31)28(16)13(9)17(32)33)22-14(30)11(24-34-5-4-29)10-8-36-18(20)21-10;/h2,8,12,16,29H,1,3-7H2,(H2,20,21)(H,22,30)(H,32,33);1H/t12?,16-;/m0./s1. The summed E-state index contributed by atoms with van der Waals surface area (Å²) in [5.74, 6) is -2.00. The van der Waals surface area contributed by atoms with Crippen molar-refractivity contribution in [3.8, 4) is 0 Å². The molecule has 0 spiro atoms. The summed E-state index contributed by atoms with van der Waals surface area (Å²) in [5, 5.41) is 38.1. The number of amides is 2. The Morgan fingerprint density at radius 2 is 2.24 bits per heavy atom. The van der Waals surface area contributed by atoms with Crippen molar-refractivity contribution in [2.45, 2.75) is 23.1 Å². The number of anilines is 1. The van der Waals surface area contributed by atoms with Gasteiger partial charge in [-0.15, -0.1) is 47.2 Å². The first-order valence-corrected chi connectivity index (χ1v) is 13.5. The normalized spacial score (nSPS) is 18.8. The third kappa shape index (κ3) is 6.09. The highest BCUT2D eigenvalue weighted by Gasteiger charge is 2.54. The first-order valence-electron chi connectivity index (χ1n) is 10.6. The number of nitrogens with zero attached hydrogens (tertiary/aromatic N) is 7. The first-order chi connectivity index (χ1) is 17.8. The average Bonchev–Trinajstić information content (AvgIpc) is 3.51. The third-order valence-electron chi connectivity index (χ3n) is 5.03. The number of thiazole rings is 1. The molecule has 38 heavy (non-hydrogen) atoms. The van der Waals surface area contributed by atoms with E-state index in [9.17, 15) is 19.5 Å². The lowest BCUT2D eigenvalue weighted by molar-refractivity contribution is -0.150. The number of carboxylic acid groups (broad SMARTS) is 1. The number of carbonyl (C=O) groups excluding carboxylic acids is 2. The van der Waals surface area contributed by atoms with Gasteiger partial charge in [-0.1, -0.05) is 23.0 Å². The summed E-state index contributed by atoms with van der Waals surface area (Å²) >= 11 is 3.66. The number of carbonyl (C=O) groups is 3. The molecule has 0 aromatic carbocycles. The zero-order valence-electron chi connectivity index (χ0n) is 19.4. The molecular weight excluding hydrogens is 582 g/mol. The van der Waals surface area contributed by atoms with Crippen LogP contribution in [0.3, 0.4) is 0 Å². The molecule has 0 saturated carbocycles. The van der Waals surface area contributed by atoms with Gasteiger partial charge in [0.2, 0.25) is 5.16 Å². The van der Waals surface area contributed by atoms with E-state index in [1.165, 1.54) is 38.5 Å².